The lowest BCUT2D eigenvalue weighted by molar-refractivity contribution is -0.241. The molecule has 0 unspecified atom stereocenters. The van der Waals surface area contributed by atoms with Crippen molar-refractivity contribution in [3.05, 3.63) is 0 Å². The van der Waals surface area contributed by atoms with Crippen LogP contribution in [0.3, 0.4) is 0 Å². The molecule has 0 aromatic rings. The van der Waals surface area contributed by atoms with Gasteiger partial charge in [-0.05, 0) is 43.9 Å². The molecule has 0 aliphatic heterocycles. The lowest BCUT2D eigenvalue weighted by atomic mass is 9.35. The Morgan fingerprint density at radius 1 is 1.24 bits per heavy atom. The topological polar surface area (TPSA) is 55.8 Å². The molecule has 2 bridgehead atoms. The third-order valence-electron chi connectivity index (χ3n) is 4.11. The van der Waals surface area contributed by atoms with Gasteiger partial charge in [0.15, 0.2) is 0 Å². The maximum absolute atomic E-state index is 11.5. The van der Waals surface area contributed by atoms with Gasteiger partial charge in [0.25, 0.3) is 0 Å². The van der Waals surface area contributed by atoms with E-state index < -0.39 is 0 Å². The van der Waals surface area contributed by atoms with Crippen LogP contribution in [0.15, 0.2) is 0 Å². The third-order valence-corrected chi connectivity index (χ3v) is 4.11. The van der Waals surface area contributed by atoms with Gasteiger partial charge in [-0.25, -0.2) is 0 Å². The van der Waals surface area contributed by atoms with Crippen LogP contribution in [0.1, 0.15) is 38.5 Å². The minimum Gasteiger partial charge on any atom is -0.469 e. The highest BCUT2D eigenvalue weighted by Crippen LogP contribution is 2.73. The first-order valence-electron chi connectivity index (χ1n) is 6.43. The number of unbranched alkanes of at least 4 members (excludes halogenated alkanes) is 2. The van der Waals surface area contributed by atoms with Gasteiger partial charge >= 0.3 is 5.97 Å². The van der Waals surface area contributed by atoms with Crippen LogP contribution in [-0.4, -0.2) is 38.0 Å². The lowest BCUT2D eigenvalue weighted by Crippen LogP contribution is -2.67. The van der Waals surface area contributed by atoms with Gasteiger partial charge in [-0.15, -0.1) is 0 Å². The van der Waals surface area contributed by atoms with Crippen molar-refractivity contribution in [1.29, 1.82) is 0 Å². The molecule has 0 amide bonds. The molecule has 0 saturated heterocycles. The van der Waals surface area contributed by atoms with Crippen molar-refractivity contribution in [2.75, 3.05) is 26.9 Å². The molecule has 4 nitrogen and oxygen atoms in total. The molecule has 0 aromatic heterocycles. The van der Waals surface area contributed by atoms with Crippen LogP contribution >= 0.6 is 0 Å². The lowest BCUT2D eigenvalue weighted by Gasteiger charge is -2.68. The van der Waals surface area contributed by atoms with Gasteiger partial charge in [-0.2, -0.15) is 0 Å². The summed E-state index contributed by atoms with van der Waals surface area (Å²) in [4.78, 5) is 11.5. The van der Waals surface area contributed by atoms with Crippen molar-refractivity contribution in [1.82, 2.24) is 0 Å². The number of carbonyl (C=O) groups excluding carboxylic acids is 1. The Morgan fingerprint density at radius 3 is 2.53 bits per heavy atom. The van der Waals surface area contributed by atoms with E-state index in [-0.39, 0.29) is 23.4 Å². The normalized spacial score (nSPS) is 33.8. The van der Waals surface area contributed by atoms with Gasteiger partial charge in [0.2, 0.25) is 0 Å². The fourth-order valence-corrected chi connectivity index (χ4v) is 3.37. The summed E-state index contributed by atoms with van der Waals surface area (Å²) in [6.07, 6.45) is 5.74. The number of esters is 1. The molecule has 3 aliphatic carbocycles. The summed E-state index contributed by atoms with van der Waals surface area (Å²) >= 11 is 0. The summed E-state index contributed by atoms with van der Waals surface area (Å²) in [5.74, 6) is -0.0395. The number of ether oxygens (including phenoxy) is 2. The number of methoxy groups -OCH3 is 1. The van der Waals surface area contributed by atoms with E-state index in [0.717, 1.165) is 51.7 Å². The van der Waals surface area contributed by atoms with Crippen molar-refractivity contribution in [3.8, 4) is 0 Å². The Kier molecular flexibility index (Phi) is 3.73. The molecule has 0 heterocycles. The van der Waals surface area contributed by atoms with E-state index in [9.17, 15) is 4.79 Å². The zero-order valence-electron chi connectivity index (χ0n) is 10.5. The van der Waals surface area contributed by atoms with Gasteiger partial charge in [0.05, 0.1) is 19.1 Å². The van der Waals surface area contributed by atoms with Crippen LogP contribution in [0, 0.1) is 10.8 Å². The number of hydrogen-bond acceptors (Lipinski definition) is 4. The predicted molar refractivity (Wildman–Crippen MR) is 62.5 cm³/mol. The molecule has 3 aliphatic rings. The minimum atomic E-state index is -0.144. The molecule has 3 rings (SSSR count). The van der Waals surface area contributed by atoms with Crippen molar-refractivity contribution >= 4 is 5.97 Å². The highest BCUT2D eigenvalue weighted by Gasteiger charge is 2.72. The van der Waals surface area contributed by atoms with Crippen molar-refractivity contribution in [3.63, 3.8) is 0 Å². The number of carbonyl (C=O) groups is 1. The zero-order valence-corrected chi connectivity index (χ0v) is 10.5. The number of aliphatic hydroxyl groups excluding tert-OH is 1. The van der Waals surface area contributed by atoms with Crippen molar-refractivity contribution in [2.24, 2.45) is 10.8 Å². The van der Waals surface area contributed by atoms with E-state index in [1.807, 2.05) is 0 Å². The Labute approximate surface area is 102 Å². The smallest absolute Gasteiger partial charge is 0.311 e. The van der Waals surface area contributed by atoms with Crippen molar-refractivity contribution < 1.29 is 19.4 Å². The quantitative estimate of drug-likeness (QED) is 0.518. The number of aliphatic hydroxyl groups is 1. The van der Waals surface area contributed by atoms with E-state index in [0.29, 0.717) is 0 Å². The highest BCUT2D eigenvalue weighted by atomic mass is 16.5. The van der Waals surface area contributed by atoms with Crippen LogP contribution in [0.2, 0.25) is 0 Å². The summed E-state index contributed by atoms with van der Waals surface area (Å²) < 4.78 is 10.5. The molecular formula is C13H22O4. The fraction of sp³-hybridized carbons (Fsp3) is 0.923. The summed E-state index contributed by atoms with van der Waals surface area (Å²) in [6, 6.07) is 0. The summed E-state index contributed by atoms with van der Waals surface area (Å²) in [6.45, 7) is 1.82. The van der Waals surface area contributed by atoms with Crippen molar-refractivity contribution in [2.45, 2.75) is 38.5 Å². The molecule has 17 heavy (non-hydrogen) atoms. The average molecular weight is 242 g/mol. The molecule has 0 aromatic carbocycles. The van der Waals surface area contributed by atoms with Crippen LogP contribution in [-0.2, 0) is 14.3 Å². The first-order valence-corrected chi connectivity index (χ1v) is 6.43. The largest absolute Gasteiger partial charge is 0.469 e. The predicted octanol–water partition coefficient (Wildman–Crippen LogP) is 1.51. The molecule has 3 fully saturated rings. The molecule has 0 spiro atoms. The first-order chi connectivity index (χ1) is 8.16. The average Bonchev–Trinajstić information content (AvgIpc) is 2.23. The highest BCUT2D eigenvalue weighted by molar-refractivity contribution is 5.81. The van der Waals surface area contributed by atoms with Gasteiger partial charge in [0.1, 0.15) is 0 Å². The van der Waals surface area contributed by atoms with Gasteiger partial charge in [-0.3, -0.25) is 4.79 Å². The molecule has 4 heteroatoms. The SMILES string of the molecule is COC(=O)C12CC(COCCCCCO)(C1)C2. The second kappa shape index (κ2) is 4.94. The molecular weight excluding hydrogens is 220 g/mol. The maximum Gasteiger partial charge on any atom is 0.311 e. The number of rotatable bonds is 8. The van der Waals surface area contributed by atoms with Gasteiger partial charge in [0, 0.05) is 13.2 Å². The molecule has 0 radical (unpaired) electrons. The zero-order chi connectivity index (χ0) is 12.4. The van der Waals surface area contributed by atoms with Crippen LogP contribution < -0.4 is 0 Å². The van der Waals surface area contributed by atoms with Crippen LogP contribution in [0.5, 0.6) is 0 Å². The molecule has 98 valence electrons. The standard InChI is InChI=1S/C13H22O4/c1-16-11(15)13-7-12(8-13,9-13)10-17-6-4-2-3-5-14/h14H,2-10H2,1H3. The van der Waals surface area contributed by atoms with Crippen LogP contribution in [0.25, 0.3) is 0 Å². The van der Waals surface area contributed by atoms with E-state index in [1.54, 1.807) is 0 Å². The monoisotopic (exact) mass is 242 g/mol. The molecule has 1 N–H and O–H groups in total. The first kappa shape index (κ1) is 12.8. The summed E-state index contributed by atoms with van der Waals surface area (Å²) in [5, 5.41) is 8.62. The second-order valence-electron chi connectivity index (χ2n) is 5.64. The molecule has 3 saturated carbocycles. The van der Waals surface area contributed by atoms with Crippen LogP contribution in [0.4, 0.5) is 0 Å². The Morgan fingerprint density at radius 2 is 1.94 bits per heavy atom. The van der Waals surface area contributed by atoms with E-state index in [4.69, 9.17) is 14.6 Å². The third kappa shape index (κ3) is 2.33. The Hall–Kier alpha value is -0.610. The van der Waals surface area contributed by atoms with E-state index >= 15 is 0 Å². The van der Waals surface area contributed by atoms with Gasteiger partial charge in [-0.1, -0.05) is 0 Å². The van der Waals surface area contributed by atoms with E-state index in [1.165, 1.54) is 7.11 Å². The summed E-state index contributed by atoms with van der Waals surface area (Å²) in [7, 11) is 1.47. The van der Waals surface area contributed by atoms with Gasteiger partial charge < -0.3 is 14.6 Å². The second-order valence-corrected chi connectivity index (χ2v) is 5.64. The fourth-order valence-electron chi connectivity index (χ4n) is 3.37. The number of hydrogen-bond donors (Lipinski definition) is 1. The minimum absolute atomic E-state index is 0.0395. The van der Waals surface area contributed by atoms with E-state index in [2.05, 4.69) is 0 Å². The molecule has 0 atom stereocenters. The summed E-state index contributed by atoms with van der Waals surface area (Å²) in [5.41, 5.74) is 0.139. The Balaban J connectivity index is 1.55. The maximum atomic E-state index is 11.5. The Bertz CT molecular complexity index is 267.